The van der Waals surface area contributed by atoms with Gasteiger partial charge in [-0.05, 0) is 18.6 Å². The highest BCUT2D eigenvalue weighted by Crippen LogP contribution is 2.33. The van der Waals surface area contributed by atoms with E-state index in [1.54, 1.807) is 7.11 Å². The number of fused-ring (bicyclic) bond motifs is 1. The van der Waals surface area contributed by atoms with Gasteiger partial charge in [0, 0.05) is 37.9 Å². The normalized spacial score (nSPS) is 14.3. The Morgan fingerprint density at radius 3 is 2.87 bits per heavy atom. The van der Waals surface area contributed by atoms with Crippen LogP contribution < -0.4 is 16.2 Å². The van der Waals surface area contributed by atoms with Gasteiger partial charge in [-0.2, -0.15) is 0 Å². The number of nitrogens with two attached hydrogens (primary N) is 1. The van der Waals surface area contributed by atoms with E-state index < -0.39 is 0 Å². The molecule has 1 aromatic carbocycles. The number of hydrogen-bond acceptors (Lipinski definition) is 7. The molecule has 0 atom stereocenters. The summed E-state index contributed by atoms with van der Waals surface area (Å²) in [6, 6.07) is 7.89. The van der Waals surface area contributed by atoms with Crippen LogP contribution >= 0.6 is 0 Å². The van der Waals surface area contributed by atoms with E-state index in [0.29, 0.717) is 31.9 Å². The maximum atomic E-state index is 8.26. The molecule has 9 nitrogen and oxygen atoms in total. The standard InChI is InChI=1S/C21H27N7O2/c1-14-4-3-5-15(20(22)26-23)18(14)16-12-17(27-7-10-30-11-8-27)19-21(25-16)28(13-24-19)6-9-29-2/h3-5,12-13H,6-11,23H2,1-2H3,(H2,22,26). The molecular formula is C21H27N7O2. The summed E-state index contributed by atoms with van der Waals surface area (Å²) < 4.78 is 12.8. The lowest BCUT2D eigenvalue weighted by Gasteiger charge is -2.29. The van der Waals surface area contributed by atoms with Gasteiger partial charge in [-0.1, -0.05) is 18.2 Å². The van der Waals surface area contributed by atoms with Crippen LogP contribution in [0.2, 0.25) is 0 Å². The summed E-state index contributed by atoms with van der Waals surface area (Å²) in [5.41, 5.74) is 8.55. The Hall–Kier alpha value is -3.01. The number of aromatic nitrogens is 3. The van der Waals surface area contributed by atoms with Crippen molar-refractivity contribution in [3.8, 4) is 11.3 Å². The van der Waals surface area contributed by atoms with Gasteiger partial charge in [0.15, 0.2) is 5.65 Å². The lowest BCUT2D eigenvalue weighted by Crippen LogP contribution is -2.36. The molecule has 4 N–H and O–H groups in total. The van der Waals surface area contributed by atoms with Crippen molar-refractivity contribution in [2.75, 3.05) is 44.9 Å². The van der Waals surface area contributed by atoms with E-state index in [-0.39, 0.29) is 5.84 Å². The lowest BCUT2D eigenvalue weighted by atomic mass is 9.97. The molecular weight excluding hydrogens is 382 g/mol. The van der Waals surface area contributed by atoms with Crippen LogP contribution in [0.15, 0.2) is 30.6 Å². The van der Waals surface area contributed by atoms with Gasteiger partial charge in [-0.25, -0.2) is 15.8 Å². The van der Waals surface area contributed by atoms with Crippen LogP contribution in [-0.2, 0) is 16.0 Å². The molecule has 0 saturated carbocycles. The van der Waals surface area contributed by atoms with Crippen LogP contribution in [0.4, 0.5) is 5.69 Å². The maximum Gasteiger partial charge on any atom is 0.162 e. The van der Waals surface area contributed by atoms with Gasteiger partial charge in [-0.15, -0.1) is 0 Å². The molecule has 3 heterocycles. The van der Waals surface area contributed by atoms with E-state index in [0.717, 1.165) is 46.8 Å². The predicted octanol–water partition coefficient (Wildman–Crippen LogP) is 1.68. The number of hydrogen-bond donors (Lipinski definition) is 3. The number of methoxy groups -OCH3 is 1. The van der Waals surface area contributed by atoms with Crippen LogP contribution in [-0.4, -0.2) is 60.4 Å². The Morgan fingerprint density at radius 1 is 1.33 bits per heavy atom. The summed E-state index contributed by atoms with van der Waals surface area (Å²) in [5, 5.41) is 8.26. The van der Waals surface area contributed by atoms with Crippen molar-refractivity contribution in [2.24, 2.45) is 5.84 Å². The number of anilines is 1. The smallest absolute Gasteiger partial charge is 0.162 e. The van der Waals surface area contributed by atoms with Crippen molar-refractivity contribution in [1.29, 1.82) is 5.41 Å². The summed E-state index contributed by atoms with van der Waals surface area (Å²) in [6.07, 6.45) is 1.81. The van der Waals surface area contributed by atoms with Crippen molar-refractivity contribution in [2.45, 2.75) is 13.5 Å². The number of benzene rings is 1. The predicted molar refractivity (Wildman–Crippen MR) is 117 cm³/mol. The minimum absolute atomic E-state index is 0.149. The Balaban J connectivity index is 1.93. The van der Waals surface area contributed by atoms with Crippen LogP contribution in [0.25, 0.3) is 22.4 Å². The van der Waals surface area contributed by atoms with Gasteiger partial charge in [0.05, 0.1) is 37.5 Å². The zero-order chi connectivity index (χ0) is 21.1. The van der Waals surface area contributed by atoms with Crippen molar-refractivity contribution < 1.29 is 9.47 Å². The van der Waals surface area contributed by atoms with E-state index >= 15 is 0 Å². The molecule has 1 aliphatic heterocycles. The molecule has 4 rings (SSSR count). The molecule has 0 amide bonds. The van der Waals surface area contributed by atoms with E-state index in [4.69, 9.17) is 25.7 Å². The number of morpholine rings is 1. The van der Waals surface area contributed by atoms with Crippen molar-refractivity contribution in [3.63, 3.8) is 0 Å². The van der Waals surface area contributed by atoms with Gasteiger partial charge in [-0.3, -0.25) is 5.41 Å². The van der Waals surface area contributed by atoms with Gasteiger partial charge in [0.1, 0.15) is 11.4 Å². The van der Waals surface area contributed by atoms with Crippen LogP contribution in [0.5, 0.6) is 0 Å². The Bertz CT molecular complexity index is 1060. The molecule has 9 heteroatoms. The van der Waals surface area contributed by atoms with Crippen LogP contribution in [0.3, 0.4) is 0 Å². The fourth-order valence-electron chi connectivity index (χ4n) is 3.84. The second-order valence-corrected chi connectivity index (χ2v) is 7.25. The number of hydrazine groups is 1. The third kappa shape index (κ3) is 3.74. The summed E-state index contributed by atoms with van der Waals surface area (Å²) in [6.45, 7) is 6.20. The Morgan fingerprint density at radius 2 is 2.13 bits per heavy atom. The third-order valence-corrected chi connectivity index (χ3v) is 5.38. The average Bonchev–Trinajstić information content (AvgIpc) is 3.19. The molecule has 1 saturated heterocycles. The lowest BCUT2D eigenvalue weighted by molar-refractivity contribution is 0.123. The molecule has 1 fully saturated rings. The quantitative estimate of drug-likeness (QED) is 0.246. The molecule has 0 spiro atoms. The van der Waals surface area contributed by atoms with Gasteiger partial charge in [0.25, 0.3) is 0 Å². The molecule has 0 bridgehead atoms. The molecule has 0 aliphatic carbocycles. The fourth-order valence-corrected chi connectivity index (χ4v) is 3.84. The topological polar surface area (TPSA) is 114 Å². The number of rotatable bonds is 6. The molecule has 2 aromatic heterocycles. The molecule has 158 valence electrons. The zero-order valence-corrected chi connectivity index (χ0v) is 17.3. The molecule has 30 heavy (non-hydrogen) atoms. The minimum atomic E-state index is 0.149. The molecule has 3 aromatic rings. The zero-order valence-electron chi connectivity index (χ0n) is 17.3. The number of ether oxygens (including phenoxy) is 2. The summed E-state index contributed by atoms with van der Waals surface area (Å²) in [7, 11) is 1.68. The molecule has 1 aliphatic rings. The number of imidazole rings is 1. The summed E-state index contributed by atoms with van der Waals surface area (Å²) >= 11 is 0. The SMILES string of the molecule is COCCn1cnc2c(N3CCOCC3)cc(-c3c(C)cccc3C(=N)NN)nc21. The highest BCUT2D eigenvalue weighted by Gasteiger charge is 2.21. The minimum Gasteiger partial charge on any atom is -0.383 e. The number of nitrogens with one attached hydrogen (secondary N) is 2. The largest absolute Gasteiger partial charge is 0.383 e. The average molecular weight is 409 g/mol. The van der Waals surface area contributed by atoms with Crippen LogP contribution in [0.1, 0.15) is 11.1 Å². The molecule has 0 radical (unpaired) electrons. The van der Waals surface area contributed by atoms with E-state index in [1.807, 2.05) is 36.0 Å². The first-order valence-electron chi connectivity index (χ1n) is 9.97. The Labute approximate surface area is 175 Å². The summed E-state index contributed by atoms with van der Waals surface area (Å²) in [4.78, 5) is 11.9. The first kappa shape index (κ1) is 20.3. The fraction of sp³-hybridized carbons (Fsp3) is 0.381. The number of aryl methyl sites for hydroxylation is 1. The first-order valence-corrected chi connectivity index (χ1v) is 9.97. The van der Waals surface area contributed by atoms with Gasteiger partial charge in [0.2, 0.25) is 0 Å². The van der Waals surface area contributed by atoms with Crippen molar-refractivity contribution >= 4 is 22.7 Å². The van der Waals surface area contributed by atoms with Gasteiger partial charge >= 0.3 is 0 Å². The van der Waals surface area contributed by atoms with E-state index in [1.165, 1.54) is 0 Å². The highest BCUT2D eigenvalue weighted by molar-refractivity contribution is 6.03. The van der Waals surface area contributed by atoms with Crippen molar-refractivity contribution in [3.05, 3.63) is 41.7 Å². The first-order chi connectivity index (χ1) is 14.6. The van der Waals surface area contributed by atoms with E-state index in [9.17, 15) is 0 Å². The monoisotopic (exact) mass is 409 g/mol. The van der Waals surface area contributed by atoms with E-state index in [2.05, 4.69) is 21.4 Å². The number of nitrogens with zero attached hydrogens (tertiary/aromatic N) is 4. The molecule has 0 unspecified atom stereocenters. The number of pyridine rings is 1. The Kier molecular flexibility index (Phi) is 5.93. The second kappa shape index (κ2) is 8.78. The highest BCUT2D eigenvalue weighted by atomic mass is 16.5. The van der Waals surface area contributed by atoms with Gasteiger partial charge < -0.3 is 24.4 Å². The van der Waals surface area contributed by atoms with Crippen LogP contribution in [0, 0.1) is 12.3 Å². The third-order valence-electron chi connectivity index (χ3n) is 5.38. The van der Waals surface area contributed by atoms with Crippen molar-refractivity contribution in [1.82, 2.24) is 20.0 Å². The second-order valence-electron chi connectivity index (χ2n) is 7.25. The number of amidine groups is 1. The summed E-state index contributed by atoms with van der Waals surface area (Å²) in [5.74, 6) is 5.71. The maximum absolute atomic E-state index is 8.26.